The van der Waals surface area contributed by atoms with E-state index in [9.17, 15) is 14.0 Å². The van der Waals surface area contributed by atoms with E-state index in [-0.39, 0.29) is 37.9 Å². The molecule has 36 heavy (non-hydrogen) atoms. The molecule has 2 heterocycles. The number of aromatic nitrogens is 1. The molecule has 0 spiro atoms. The van der Waals surface area contributed by atoms with Gasteiger partial charge >= 0.3 is 0 Å². The predicted molar refractivity (Wildman–Crippen MR) is 135 cm³/mol. The summed E-state index contributed by atoms with van der Waals surface area (Å²) in [5.74, 6) is 0.406. The van der Waals surface area contributed by atoms with Crippen LogP contribution in [0.1, 0.15) is 27.9 Å². The van der Waals surface area contributed by atoms with Gasteiger partial charge in [-0.3, -0.25) is 9.59 Å². The highest BCUT2D eigenvalue weighted by Crippen LogP contribution is 2.26. The van der Waals surface area contributed by atoms with Crippen molar-refractivity contribution in [1.82, 2.24) is 9.88 Å². The molecule has 0 saturated carbocycles. The standard InChI is InChI=1S/C28H26FN3O4/c1-18-4-2-3-5-24(18)30-28-31-25-12-20(8-11-26(25)36-28)13-27(34)32-15-21(29)14-22(32)17-35-23-9-6-19(16-33)7-10-23/h2-12,16,21-22H,13-15,17H2,1H3,(H,30,31)/t21-,22-/m0/s1. The quantitative estimate of drug-likeness (QED) is 0.342. The van der Waals surface area contributed by atoms with Crippen molar-refractivity contribution in [3.8, 4) is 5.75 Å². The number of aldehydes is 1. The summed E-state index contributed by atoms with van der Waals surface area (Å²) < 4.78 is 25.8. The molecule has 1 aliphatic rings. The summed E-state index contributed by atoms with van der Waals surface area (Å²) in [6, 6.07) is 20.0. The second-order valence-electron chi connectivity index (χ2n) is 8.97. The summed E-state index contributed by atoms with van der Waals surface area (Å²) in [5.41, 5.74) is 4.54. The second kappa shape index (κ2) is 10.2. The first-order valence-electron chi connectivity index (χ1n) is 11.8. The first kappa shape index (κ1) is 23.5. The number of aryl methyl sites for hydroxylation is 1. The number of carbonyl (C=O) groups excluding carboxylic acids is 2. The van der Waals surface area contributed by atoms with Crippen LogP contribution in [0.25, 0.3) is 11.1 Å². The van der Waals surface area contributed by atoms with Crippen molar-refractivity contribution in [2.45, 2.75) is 32.0 Å². The number of alkyl halides is 1. The van der Waals surface area contributed by atoms with Crippen LogP contribution in [0.2, 0.25) is 0 Å². The number of fused-ring (bicyclic) bond motifs is 1. The number of hydrogen-bond acceptors (Lipinski definition) is 6. The highest BCUT2D eigenvalue weighted by molar-refractivity contribution is 5.82. The van der Waals surface area contributed by atoms with E-state index in [0.29, 0.717) is 28.4 Å². The Morgan fingerprint density at radius 2 is 2.00 bits per heavy atom. The molecular formula is C28H26FN3O4. The van der Waals surface area contributed by atoms with Crippen LogP contribution in [0.4, 0.5) is 16.1 Å². The van der Waals surface area contributed by atoms with Gasteiger partial charge in [0.1, 0.15) is 30.3 Å². The first-order valence-corrected chi connectivity index (χ1v) is 11.8. The molecule has 8 heteroatoms. The summed E-state index contributed by atoms with van der Waals surface area (Å²) in [5, 5.41) is 3.19. The largest absolute Gasteiger partial charge is 0.491 e. The lowest BCUT2D eigenvalue weighted by Gasteiger charge is -2.24. The van der Waals surface area contributed by atoms with E-state index in [1.54, 1.807) is 35.2 Å². The van der Waals surface area contributed by atoms with Gasteiger partial charge in [-0.25, -0.2) is 4.39 Å². The van der Waals surface area contributed by atoms with Crippen LogP contribution >= 0.6 is 0 Å². The zero-order valence-electron chi connectivity index (χ0n) is 19.8. The van der Waals surface area contributed by atoms with E-state index < -0.39 is 6.17 Å². The number of anilines is 2. The molecule has 1 aliphatic heterocycles. The molecule has 184 valence electrons. The van der Waals surface area contributed by atoms with Gasteiger partial charge in [0.15, 0.2) is 5.58 Å². The molecule has 4 aromatic rings. The minimum absolute atomic E-state index is 0.0492. The molecule has 1 fully saturated rings. The smallest absolute Gasteiger partial charge is 0.300 e. The van der Waals surface area contributed by atoms with Crippen LogP contribution < -0.4 is 10.1 Å². The number of hydrogen-bond donors (Lipinski definition) is 1. The minimum Gasteiger partial charge on any atom is -0.491 e. The molecule has 1 N–H and O–H groups in total. The number of benzene rings is 3. The average Bonchev–Trinajstić information content (AvgIpc) is 3.46. The lowest BCUT2D eigenvalue weighted by Crippen LogP contribution is -2.40. The van der Waals surface area contributed by atoms with Crippen molar-refractivity contribution in [2.75, 3.05) is 18.5 Å². The average molecular weight is 488 g/mol. The Morgan fingerprint density at radius 1 is 1.19 bits per heavy atom. The monoisotopic (exact) mass is 487 g/mol. The summed E-state index contributed by atoms with van der Waals surface area (Å²) in [6.45, 7) is 2.23. The summed E-state index contributed by atoms with van der Waals surface area (Å²) >= 11 is 0. The number of nitrogens with zero attached hydrogens (tertiary/aromatic N) is 2. The van der Waals surface area contributed by atoms with Crippen LogP contribution in [-0.2, 0) is 11.2 Å². The molecule has 0 aliphatic carbocycles. The Bertz CT molecular complexity index is 1390. The van der Waals surface area contributed by atoms with Crippen molar-refractivity contribution in [3.63, 3.8) is 0 Å². The van der Waals surface area contributed by atoms with E-state index in [1.807, 2.05) is 43.3 Å². The lowest BCUT2D eigenvalue weighted by atomic mass is 10.1. The number of rotatable bonds is 8. The fraction of sp³-hybridized carbons (Fsp3) is 0.250. The molecule has 3 aromatic carbocycles. The van der Waals surface area contributed by atoms with E-state index in [4.69, 9.17) is 9.15 Å². The third kappa shape index (κ3) is 5.22. The number of oxazole rings is 1. The number of para-hydroxylation sites is 1. The fourth-order valence-electron chi connectivity index (χ4n) is 4.40. The van der Waals surface area contributed by atoms with E-state index in [1.165, 1.54) is 0 Å². The third-order valence-corrected chi connectivity index (χ3v) is 6.34. The SMILES string of the molecule is Cc1ccccc1Nc1nc2cc(CC(=O)N3C[C@@H](F)C[C@H]3COc3ccc(C=O)cc3)ccc2o1. The third-order valence-electron chi connectivity index (χ3n) is 6.34. The lowest BCUT2D eigenvalue weighted by molar-refractivity contribution is -0.132. The number of halogens is 1. The zero-order valence-corrected chi connectivity index (χ0v) is 19.8. The molecule has 1 aromatic heterocycles. The van der Waals surface area contributed by atoms with Crippen LogP contribution in [0.3, 0.4) is 0 Å². The zero-order chi connectivity index (χ0) is 25.1. The van der Waals surface area contributed by atoms with Gasteiger partial charge in [-0.05, 0) is 60.5 Å². The van der Waals surface area contributed by atoms with E-state index >= 15 is 0 Å². The molecule has 1 amide bonds. The van der Waals surface area contributed by atoms with Crippen LogP contribution in [0.5, 0.6) is 5.75 Å². The normalized spacial score (nSPS) is 17.3. The fourth-order valence-corrected chi connectivity index (χ4v) is 4.40. The van der Waals surface area contributed by atoms with Crippen molar-refractivity contribution in [3.05, 3.63) is 83.4 Å². The van der Waals surface area contributed by atoms with Gasteiger partial charge in [-0.15, -0.1) is 0 Å². The van der Waals surface area contributed by atoms with Crippen molar-refractivity contribution >= 4 is 35.0 Å². The number of nitrogens with one attached hydrogen (secondary N) is 1. The van der Waals surface area contributed by atoms with Gasteiger partial charge in [0, 0.05) is 17.7 Å². The van der Waals surface area contributed by atoms with Gasteiger partial charge in [0.05, 0.1) is 19.0 Å². The molecule has 2 atom stereocenters. The molecule has 0 bridgehead atoms. The second-order valence-corrected chi connectivity index (χ2v) is 8.97. The molecule has 1 saturated heterocycles. The van der Waals surface area contributed by atoms with Gasteiger partial charge in [0.2, 0.25) is 5.91 Å². The number of likely N-dealkylation sites (tertiary alicyclic amines) is 1. The highest BCUT2D eigenvalue weighted by atomic mass is 19.1. The maximum Gasteiger partial charge on any atom is 0.300 e. The van der Waals surface area contributed by atoms with Crippen LogP contribution in [-0.4, -0.2) is 47.4 Å². The topological polar surface area (TPSA) is 84.7 Å². The number of carbonyl (C=O) groups is 2. The highest BCUT2D eigenvalue weighted by Gasteiger charge is 2.35. The van der Waals surface area contributed by atoms with Crippen LogP contribution in [0.15, 0.2) is 71.1 Å². The van der Waals surface area contributed by atoms with Crippen molar-refractivity contribution in [1.29, 1.82) is 0 Å². The van der Waals surface area contributed by atoms with E-state index in [0.717, 1.165) is 23.1 Å². The Labute approximate surface area is 207 Å². The molecule has 0 radical (unpaired) electrons. The minimum atomic E-state index is -1.09. The van der Waals surface area contributed by atoms with Crippen LogP contribution in [0, 0.1) is 6.92 Å². The number of amides is 1. The van der Waals surface area contributed by atoms with Gasteiger partial charge in [-0.2, -0.15) is 4.98 Å². The maximum absolute atomic E-state index is 14.2. The number of ether oxygens (including phenoxy) is 1. The van der Waals surface area contributed by atoms with Gasteiger partial charge in [0.25, 0.3) is 6.01 Å². The van der Waals surface area contributed by atoms with Crippen molar-refractivity contribution < 1.29 is 23.1 Å². The summed E-state index contributed by atoms with van der Waals surface area (Å²) in [6.07, 6.45) is 0.0232. The van der Waals surface area contributed by atoms with Gasteiger partial charge < -0.3 is 19.4 Å². The predicted octanol–water partition coefficient (Wildman–Crippen LogP) is 5.25. The molecule has 0 unspecified atom stereocenters. The molecular weight excluding hydrogens is 461 g/mol. The summed E-state index contributed by atoms with van der Waals surface area (Å²) in [7, 11) is 0. The Hall–Kier alpha value is -4.20. The van der Waals surface area contributed by atoms with Gasteiger partial charge in [-0.1, -0.05) is 24.3 Å². The molecule has 7 nitrogen and oxygen atoms in total. The summed E-state index contributed by atoms with van der Waals surface area (Å²) in [4.78, 5) is 30.0. The Kier molecular flexibility index (Phi) is 6.66. The Morgan fingerprint density at radius 3 is 2.78 bits per heavy atom. The van der Waals surface area contributed by atoms with E-state index in [2.05, 4.69) is 10.3 Å². The van der Waals surface area contributed by atoms with Crippen molar-refractivity contribution in [2.24, 2.45) is 0 Å². The maximum atomic E-state index is 14.2. The Balaban J connectivity index is 1.24. The first-order chi connectivity index (χ1) is 17.5. The molecule has 5 rings (SSSR count).